The molecule has 1 atom stereocenters. The second-order valence-corrected chi connectivity index (χ2v) is 8.47. The molecule has 2 rings (SSSR count). The average Bonchev–Trinajstić information content (AvgIpc) is 2.64. The van der Waals surface area contributed by atoms with Crippen LogP contribution in [0.1, 0.15) is 29.8 Å². The van der Waals surface area contributed by atoms with Crippen molar-refractivity contribution in [2.24, 2.45) is 5.92 Å². The molecule has 0 radical (unpaired) electrons. The fourth-order valence-electron chi connectivity index (χ4n) is 2.35. The third-order valence-electron chi connectivity index (χ3n) is 4.33. The number of nitrogens with one attached hydrogen (secondary N) is 2. The van der Waals surface area contributed by atoms with Crippen molar-refractivity contribution in [1.82, 2.24) is 4.72 Å². The first kappa shape index (κ1) is 22.0. The molecule has 0 aliphatic heterocycles. The van der Waals surface area contributed by atoms with E-state index in [0.29, 0.717) is 11.3 Å². The number of sulfonamides is 1. The molecule has 0 aromatic heterocycles. The van der Waals surface area contributed by atoms with E-state index in [9.17, 15) is 27.8 Å². The lowest BCUT2D eigenvalue weighted by Gasteiger charge is -2.30. The van der Waals surface area contributed by atoms with Gasteiger partial charge in [-0.3, -0.25) is 4.79 Å². The number of amides is 1. The van der Waals surface area contributed by atoms with Gasteiger partial charge in [0, 0.05) is 11.3 Å². The van der Waals surface area contributed by atoms with E-state index in [-0.39, 0.29) is 10.5 Å². The maximum atomic E-state index is 13.3. The Morgan fingerprint density at radius 3 is 2.46 bits per heavy atom. The molecule has 0 fully saturated rings. The zero-order chi connectivity index (χ0) is 21.1. The molecule has 1 amide bonds. The molecule has 9 heteroatoms. The Morgan fingerprint density at radius 2 is 1.89 bits per heavy atom. The number of carbonyl (C=O) groups excluding carboxylic acids is 1. The van der Waals surface area contributed by atoms with Crippen molar-refractivity contribution in [3.05, 3.63) is 59.4 Å². The Hall–Kier alpha value is -2.33. The zero-order valence-electron chi connectivity index (χ0n) is 15.7. The molecule has 7 nitrogen and oxygen atoms in total. The molecule has 2 aromatic rings. The van der Waals surface area contributed by atoms with Gasteiger partial charge < -0.3 is 15.5 Å². The Labute approximate surface area is 163 Å². The van der Waals surface area contributed by atoms with E-state index in [1.54, 1.807) is 20.8 Å². The van der Waals surface area contributed by atoms with Gasteiger partial charge in [-0.1, -0.05) is 19.9 Å². The Balaban J connectivity index is 2.27. The highest BCUT2D eigenvalue weighted by Crippen LogP contribution is 2.20. The van der Waals surface area contributed by atoms with Crippen molar-refractivity contribution < 1.29 is 27.8 Å². The van der Waals surface area contributed by atoms with Crippen molar-refractivity contribution in [3.63, 3.8) is 0 Å². The van der Waals surface area contributed by atoms with Crippen LogP contribution in [0.5, 0.6) is 0 Å². The van der Waals surface area contributed by atoms with E-state index in [1.165, 1.54) is 36.4 Å². The lowest BCUT2D eigenvalue weighted by molar-refractivity contribution is -0.0602. The Kier molecular flexibility index (Phi) is 6.56. The predicted octanol–water partition coefficient (Wildman–Crippen LogP) is 2.00. The summed E-state index contributed by atoms with van der Waals surface area (Å²) in [7, 11) is -4.21. The van der Waals surface area contributed by atoms with E-state index in [1.807, 2.05) is 0 Å². The van der Waals surface area contributed by atoms with Crippen LogP contribution in [0.4, 0.5) is 10.1 Å². The van der Waals surface area contributed by atoms with Crippen LogP contribution in [0.3, 0.4) is 0 Å². The molecule has 0 aliphatic rings. The number of aryl methyl sites for hydroxylation is 1. The number of rotatable bonds is 7. The minimum Gasteiger partial charge on any atom is -0.392 e. The molecular formula is C19H23FN2O5S. The maximum absolute atomic E-state index is 13.3. The number of aliphatic hydroxyl groups is 2. The molecule has 0 unspecified atom stereocenters. The monoisotopic (exact) mass is 410 g/mol. The summed E-state index contributed by atoms with van der Waals surface area (Å²) in [5.74, 6) is -1.58. The van der Waals surface area contributed by atoms with Crippen molar-refractivity contribution in [2.45, 2.75) is 31.4 Å². The van der Waals surface area contributed by atoms with E-state index in [2.05, 4.69) is 10.0 Å². The molecule has 0 heterocycles. The summed E-state index contributed by atoms with van der Waals surface area (Å²) in [6.07, 6.45) is 0. The van der Waals surface area contributed by atoms with E-state index < -0.39 is 40.0 Å². The van der Waals surface area contributed by atoms with Gasteiger partial charge in [0.05, 0.1) is 11.5 Å². The van der Waals surface area contributed by atoms with Gasteiger partial charge in [-0.25, -0.2) is 12.8 Å². The largest absolute Gasteiger partial charge is 0.392 e. The molecule has 2 aromatic carbocycles. The van der Waals surface area contributed by atoms with E-state index in [0.717, 1.165) is 6.07 Å². The number of carbonyl (C=O) groups is 1. The molecular weight excluding hydrogens is 387 g/mol. The Bertz CT molecular complexity index is 978. The highest BCUT2D eigenvalue weighted by atomic mass is 32.2. The number of halogens is 1. The second-order valence-electron chi connectivity index (χ2n) is 6.79. The van der Waals surface area contributed by atoms with E-state index >= 15 is 0 Å². The number of benzene rings is 2. The summed E-state index contributed by atoms with van der Waals surface area (Å²) < 4.78 is 40.6. The van der Waals surface area contributed by atoms with Gasteiger partial charge in [0.15, 0.2) is 5.72 Å². The van der Waals surface area contributed by atoms with Gasteiger partial charge in [-0.05, 0) is 54.8 Å². The van der Waals surface area contributed by atoms with Gasteiger partial charge in [0.25, 0.3) is 5.91 Å². The number of hydrogen-bond donors (Lipinski definition) is 4. The normalized spacial score (nSPS) is 14.0. The van der Waals surface area contributed by atoms with Crippen LogP contribution in [-0.4, -0.2) is 36.9 Å². The zero-order valence-corrected chi connectivity index (χ0v) is 16.5. The minimum atomic E-state index is -4.21. The number of aliphatic hydroxyl groups excluding tert-OH is 1. The summed E-state index contributed by atoms with van der Waals surface area (Å²) >= 11 is 0. The standard InChI is InChI=1S/C19H23FN2O5S/c1-12(2)19(25,11-23)22-28(26,27)16-6-4-5-14(10-16)18(24)21-15-7-8-17(20)13(3)9-15/h4-10,12,22-23,25H,11H2,1-3H3,(H,21,24)/t19-/m0/s1. The molecule has 0 saturated heterocycles. The van der Waals surface area contributed by atoms with Crippen LogP contribution < -0.4 is 10.0 Å². The van der Waals surface area contributed by atoms with Crippen LogP contribution in [0.15, 0.2) is 47.4 Å². The lowest BCUT2D eigenvalue weighted by Crippen LogP contribution is -2.55. The molecule has 0 bridgehead atoms. The van der Waals surface area contributed by atoms with Gasteiger partial charge in [-0.2, -0.15) is 4.72 Å². The summed E-state index contributed by atoms with van der Waals surface area (Å²) in [5.41, 5.74) is -1.26. The van der Waals surface area contributed by atoms with Crippen molar-refractivity contribution >= 4 is 21.6 Å². The summed E-state index contributed by atoms with van der Waals surface area (Å²) in [5, 5.41) is 22.2. The number of hydrogen-bond acceptors (Lipinski definition) is 5. The minimum absolute atomic E-state index is 0.0574. The lowest BCUT2D eigenvalue weighted by atomic mass is 10.0. The van der Waals surface area contributed by atoms with Gasteiger partial charge in [0.2, 0.25) is 10.0 Å². The average molecular weight is 410 g/mol. The summed E-state index contributed by atoms with van der Waals surface area (Å²) in [6, 6.07) is 9.28. The SMILES string of the molecule is Cc1cc(NC(=O)c2cccc(S(=O)(=O)N[C@](O)(CO)C(C)C)c2)ccc1F. The van der Waals surface area contributed by atoms with Crippen LogP contribution >= 0.6 is 0 Å². The van der Waals surface area contributed by atoms with Crippen LogP contribution in [0, 0.1) is 18.7 Å². The molecule has 28 heavy (non-hydrogen) atoms. The fourth-order valence-corrected chi connectivity index (χ4v) is 3.78. The topological polar surface area (TPSA) is 116 Å². The van der Waals surface area contributed by atoms with Crippen molar-refractivity contribution in [2.75, 3.05) is 11.9 Å². The van der Waals surface area contributed by atoms with Gasteiger partial charge in [0.1, 0.15) is 5.82 Å². The molecule has 0 aliphatic carbocycles. The van der Waals surface area contributed by atoms with Crippen LogP contribution in [0.25, 0.3) is 0 Å². The third kappa shape index (κ3) is 4.93. The quantitative estimate of drug-likeness (QED) is 0.521. The molecule has 4 N–H and O–H groups in total. The molecule has 0 saturated carbocycles. The van der Waals surface area contributed by atoms with Crippen molar-refractivity contribution in [1.29, 1.82) is 0 Å². The van der Waals surface area contributed by atoms with Crippen LogP contribution in [-0.2, 0) is 10.0 Å². The first-order valence-electron chi connectivity index (χ1n) is 8.53. The third-order valence-corrected chi connectivity index (χ3v) is 5.83. The molecule has 0 spiro atoms. The Morgan fingerprint density at radius 1 is 1.21 bits per heavy atom. The van der Waals surface area contributed by atoms with Crippen molar-refractivity contribution in [3.8, 4) is 0 Å². The highest BCUT2D eigenvalue weighted by molar-refractivity contribution is 7.89. The second kappa shape index (κ2) is 8.36. The first-order chi connectivity index (χ1) is 13.0. The van der Waals surface area contributed by atoms with Gasteiger partial charge in [-0.15, -0.1) is 0 Å². The van der Waals surface area contributed by atoms with Crippen LogP contribution in [0.2, 0.25) is 0 Å². The smallest absolute Gasteiger partial charge is 0.255 e. The first-order valence-corrected chi connectivity index (χ1v) is 10.0. The van der Waals surface area contributed by atoms with Gasteiger partial charge >= 0.3 is 0 Å². The number of anilines is 1. The maximum Gasteiger partial charge on any atom is 0.255 e. The summed E-state index contributed by atoms with van der Waals surface area (Å²) in [6.45, 7) is 3.84. The predicted molar refractivity (Wildman–Crippen MR) is 103 cm³/mol. The molecule has 152 valence electrons. The summed E-state index contributed by atoms with van der Waals surface area (Å²) in [4.78, 5) is 12.2. The fraction of sp³-hybridized carbons (Fsp3) is 0.316. The highest BCUT2D eigenvalue weighted by Gasteiger charge is 2.35. The van der Waals surface area contributed by atoms with E-state index in [4.69, 9.17) is 0 Å².